The first kappa shape index (κ1) is 15.5. The van der Waals surface area contributed by atoms with Gasteiger partial charge in [-0.1, -0.05) is 0 Å². The van der Waals surface area contributed by atoms with Gasteiger partial charge in [-0.15, -0.1) is 0 Å². The molecule has 1 aromatic rings. The number of carboxylic acids is 1. The van der Waals surface area contributed by atoms with Crippen LogP contribution in [-0.4, -0.2) is 27.2 Å². The molecule has 9 heteroatoms. The Morgan fingerprint density at radius 1 is 1.32 bits per heavy atom. The molecular weight excluding hydrogens is 295 g/mol. The Bertz CT molecular complexity index is 514. The summed E-state index contributed by atoms with van der Waals surface area (Å²) in [4.78, 5) is 9.65. The summed E-state index contributed by atoms with van der Waals surface area (Å²) in [5.41, 5.74) is 0. The zero-order valence-corrected chi connectivity index (χ0v) is 9.89. The number of halogens is 5. The van der Waals surface area contributed by atoms with Crippen molar-refractivity contribution in [1.82, 2.24) is 0 Å². The standard InChI is InChI=1S/C10H7F5O3S/c11-5-1-2-7(12)8(3-5)19(18)4-6(9(16)17)10(13,14)15/h1-3,6H,4H2,(H,16,17). The lowest BCUT2D eigenvalue weighted by molar-refractivity contribution is -0.188. The van der Waals surface area contributed by atoms with E-state index in [1.165, 1.54) is 0 Å². The second-order valence-electron chi connectivity index (χ2n) is 3.52. The smallest absolute Gasteiger partial charge is 0.403 e. The van der Waals surface area contributed by atoms with Gasteiger partial charge >= 0.3 is 12.1 Å². The molecule has 1 N–H and O–H groups in total. The van der Waals surface area contributed by atoms with Gasteiger partial charge < -0.3 is 5.11 Å². The van der Waals surface area contributed by atoms with Crippen LogP contribution in [-0.2, 0) is 15.6 Å². The predicted octanol–water partition coefficient (Wildman–Crippen LogP) is 2.34. The SMILES string of the molecule is O=C(O)C(CS(=O)c1cc(F)ccc1F)C(F)(F)F. The lowest BCUT2D eigenvalue weighted by Gasteiger charge is -2.15. The van der Waals surface area contributed by atoms with Gasteiger partial charge in [0.15, 0.2) is 5.92 Å². The van der Waals surface area contributed by atoms with Crippen molar-refractivity contribution in [3.63, 3.8) is 0 Å². The van der Waals surface area contributed by atoms with Crippen molar-refractivity contribution in [2.75, 3.05) is 5.75 Å². The van der Waals surface area contributed by atoms with Crippen LogP contribution in [0.4, 0.5) is 22.0 Å². The number of carboxylic acid groups (broad SMARTS) is 1. The van der Waals surface area contributed by atoms with Gasteiger partial charge in [0.05, 0.1) is 21.4 Å². The number of hydrogen-bond acceptors (Lipinski definition) is 2. The van der Waals surface area contributed by atoms with E-state index in [0.717, 1.165) is 0 Å². The number of rotatable bonds is 4. The topological polar surface area (TPSA) is 54.4 Å². The van der Waals surface area contributed by atoms with Gasteiger partial charge in [0.1, 0.15) is 11.6 Å². The van der Waals surface area contributed by atoms with Gasteiger partial charge in [-0.05, 0) is 18.2 Å². The molecule has 0 saturated carbocycles. The van der Waals surface area contributed by atoms with E-state index in [9.17, 15) is 31.0 Å². The molecule has 1 rings (SSSR count). The van der Waals surface area contributed by atoms with Crippen molar-refractivity contribution < 1.29 is 36.1 Å². The van der Waals surface area contributed by atoms with E-state index < -0.39 is 51.1 Å². The molecule has 2 unspecified atom stereocenters. The summed E-state index contributed by atoms with van der Waals surface area (Å²) in [5.74, 6) is -8.65. The van der Waals surface area contributed by atoms with E-state index in [-0.39, 0.29) is 0 Å². The third kappa shape index (κ3) is 3.98. The molecule has 3 nitrogen and oxygen atoms in total. The molecule has 0 aliphatic rings. The fourth-order valence-electron chi connectivity index (χ4n) is 1.20. The molecule has 0 spiro atoms. The second-order valence-corrected chi connectivity index (χ2v) is 4.98. The van der Waals surface area contributed by atoms with Crippen LogP contribution in [0, 0.1) is 17.6 Å². The molecule has 0 aliphatic carbocycles. The fraction of sp³-hybridized carbons (Fsp3) is 0.300. The maximum absolute atomic E-state index is 13.2. The van der Waals surface area contributed by atoms with Crippen molar-refractivity contribution in [3.05, 3.63) is 29.8 Å². The summed E-state index contributed by atoms with van der Waals surface area (Å²) in [6.45, 7) is 0. The van der Waals surface area contributed by atoms with Crippen molar-refractivity contribution in [1.29, 1.82) is 0 Å². The highest BCUT2D eigenvalue weighted by Gasteiger charge is 2.46. The molecule has 0 amide bonds. The molecular formula is C10H7F5O3S. The third-order valence-corrected chi connectivity index (χ3v) is 3.59. The van der Waals surface area contributed by atoms with Crippen LogP contribution < -0.4 is 0 Å². The van der Waals surface area contributed by atoms with E-state index in [1.54, 1.807) is 0 Å². The van der Waals surface area contributed by atoms with Crippen molar-refractivity contribution in [3.8, 4) is 0 Å². The molecule has 0 bridgehead atoms. The zero-order valence-electron chi connectivity index (χ0n) is 9.08. The Balaban J connectivity index is 3.01. The summed E-state index contributed by atoms with van der Waals surface area (Å²) >= 11 is 0. The molecule has 0 aliphatic heterocycles. The van der Waals surface area contributed by atoms with Gasteiger partial charge in [-0.3, -0.25) is 9.00 Å². The van der Waals surface area contributed by atoms with Gasteiger partial charge in [0.2, 0.25) is 0 Å². The minimum absolute atomic E-state index is 0.473. The summed E-state index contributed by atoms with van der Waals surface area (Å²) in [6, 6.07) is 1.78. The molecule has 0 radical (unpaired) electrons. The molecule has 0 saturated heterocycles. The quantitative estimate of drug-likeness (QED) is 0.869. The van der Waals surface area contributed by atoms with Crippen LogP contribution in [0.3, 0.4) is 0 Å². The van der Waals surface area contributed by atoms with Crippen molar-refractivity contribution in [2.45, 2.75) is 11.1 Å². The van der Waals surface area contributed by atoms with Crippen LogP contribution >= 0.6 is 0 Å². The van der Waals surface area contributed by atoms with E-state index in [2.05, 4.69) is 0 Å². The Kier molecular flexibility index (Phi) is 4.61. The van der Waals surface area contributed by atoms with E-state index in [1.807, 2.05) is 0 Å². The van der Waals surface area contributed by atoms with Gasteiger partial charge in [0.25, 0.3) is 0 Å². The van der Waals surface area contributed by atoms with E-state index in [4.69, 9.17) is 5.11 Å². The molecule has 0 heterocycles. The molecule has 0 fully saturated rings. The number of hydrogen-bond donors (Lipinski definition) is 1. The van der Waals surface area contributed by atoms with Gasteiger partial charge in [0, 0.05) is 0 Å². The molecule has 2 atom stereocenters. The largest absolute Gasteiger partial charge is 0.481 e. The van der Waals surface area contributed by atoms with Crippen LogP contribution in [0.2, 0.25) is 0 Å². The highest BCUT2D eigenvalue weighted by Crippen LogP contribution is 2.28. The monoisotopic (exact) mass is 302 g/mol. The van der Waals surface area contributed by atoms with Crippen molar-refractivity contribution >= 4 is 16.8 Å². The molecule has 106 valence electrons. The highest BCUT2D eigenvalue weighted by atomic mass is 32.2. The Morgan fingerprint density at radius 3 is 2.37 bits per heavy atom. The molecule has 1 aromatic carbocycles. The number of benzene rings is 1. The first-order valence-corrected chi connectivity index (χ1v) is 6.07. The number of alkyl halides is 3. The second kappa shape index (κ2) is 5.64. The lowest BCUT2D eigenvalue weighted by Crippen LogP contribution is -2.35. The molecule has 19 heavy (non-hydrogen) atoms. The Morgan fingerprint density at radius 2 is 1.89 bits per heavy atom. The minimum atomic E-state index is -5.12. The maximum Gasteiger partial charge on any atom is 0.403 e. The first-order chi connectivity index (χ1) is 8.62. The average molecular weight is 302 g/mol. The molecule has 0 aromatic heterocycles. The average Bonchev–Trinajstić information content (AvgIpc) is 2.26. The van der Waals surface area contributed by atoms with Crippen LogP contribution in [0.15, 0.2) is 23.1 Å². The zero-order chi connectivity index (χ0) is 14.8. The van der Waals surface area contributed by atoms with E-state index in [0.29, 0.717) is 18.2 Å². The van der Waals surface area contributed by atoms with E-state index >= 15 is 0 Å². The van der Waals surface area contributed by atoms with Crippen LogP contribution in [0.5, 0.6) is 0 Å². The third-order valence-electron chi connectivity index (χ3n) is 2.15. The fourth-order valence-corrected chi connectivity index (χ4v) is 2.54. The van der Waals surface area contributed by atoms with Crippen LogP contribution in [0.25, 0.3) is 0 Å². The minimum Gasteiger partial charge on any atom is -0.481 e. The normalized spacial score (nSPS) is 15.0. The van der Waals surface area contributed by atoms with Gasteiger partial charge in [-0.2, -0.15) is 13.2 Å². The predicted molar refractivity (Wildman–Crippen MR) is 54.8 cm³/mol. The number of carbonyl (C=O) groups is 1. The summed E-state index contributed by atoms with van der Waals surface area (Å²) < 4.78 is 74.5. The van der Waals surface area contributed by atoms with Gasteiger partial charge in [-0.25, -0.2) is 8.78 Å². The summed E-state index contributed by atoms with van der Waals surface area (Å²) in [6.07, 6.45) is -5.12. The lowest BCUT2D eigenvalue weighted by atomic mass is 10.2. The Hall–Kier alpha value is -1.51. The first-order valence-electron chi connectivity index (χ1n) is 4.76. The van der Waals surface area contributed by atoms with Crippen LogP contribution in [0.1, 0.15) is 0 Å². The summed E-state index contributed by atoms with van der Waals surface area (Å²) in [5, 5.41) is 8.41. The van der Waals surface area contributed by atoms with Crippen molar-refractivity contribution in [2.24, 2.45) is 5.92 Å². The summed E-state index contributed by atoms with van der Waals surface area (Å²) in [7, 11) is -2.62. The maximum atomic E-state index is 13.2. The number of aliphatic carboxylic acids is 1. The Labute approximate surface area is 106 Å². The highest BCUT2D eigenvalue weighted by molar-refractivity contribution is 7.85.